The van der Waals surface area contributed by atoms with Gasteiger partial charge in [-0.3, -0.25) is 9.59 Å². The molecule has 0 radical (unpaired) electrons. The van der Waals surface area contributed by atoms with Crippen LogP contribution >= 0.6 is 0 Å². The Morgan fingerprint density at radius 1 is 1.24 bits per heavy atom. The zero-order valence-corrected chi connectivity index (χ0v) is 11.3. The number of carbonyl (C=O) groups is 2. The molecule has 0 rings (SSSR count). The molecule has 0 aliphatic rings. The molecule has 0 aliphatic carbocycles. The van der Waals surface area contributed by atoms with Gasteiger partial charge in [0.1, 0.15) is 5.78 Å². The molecule has 1 atom stereocenters. The van der Waals surface area contributed by atoms with Crippen molar-refractivity contribution < 1.29 is 14.3 Å². The van der Waals surface area contributed by atoms with Crippen molar-refractivity contribution in [1.82, 2.24) is 5.32 Å². The van der Waals surface area contributed by atoms with E-state index < -0.39 is 0 Å². The van der Waals surface area contributed by atoms with Gasteiger partial charge in [0.25, 0.3) is 0 Å². The number of ether oxygens (including phenoxy) is 1. The highest BCUT2D eigenvalue weighted by atomic mass is 16.5. The average molecular weight is 243 g/mol. The minimum absolute atomic E-state index is 0.0586. The van der Waals surface area contributed by atoms with E-state index in [0.29, 0.717) is 19.4 Å². The first-order chi connectivity index (χ1) is 8.11. The third-order valence-electron chi connectivity index (χ3n) is 2.74. The largest absolute Gasteiger partial charge is 0.466 e. The molecule has 17 heavy (non-hydrogen) atoms. The Labute approximate surface area is 104 Å². The summed E-state index contributed by atoms with van der Waals surface area (Å²) in [5, 5.41) is 2.88. The number of carbonyl (C=O) groups excluding carboxylic acids is 2. The lowest BCUT2D eigenvalue weighted by Crippen LogP contribution is -2.32. The number of esters is 1. The van der Waals surface area contributed by atoms with Gasteiger partial charge in [0.05, 0.1) is 12.6 Å². The van der Waals surface area contributed by atoms with Crippen molar-refractivity contribution in [3.63, 3.8) is 0 Å². The Morgan fingerprint density at radius 3 is 2.47 bits per heavy atom. The van der Waals surface area contributed by atoms with E-state index in [-0.39, 0.29) is 17.8 Å². The van der Waals surface area contributed by atoms with Crippen molar-refractivity contribution in [1.29, 1.82) is 0 Å². The minimum Gasteiger partial charge on any atom is -0.466 e. The molecular weight excluding hydrogens is 218 g/mol. The molecule has 0 spiro atoms. The number of rotatable bonds is 10. The zero-order chi connectivity index (χ0) is 13.1. The van der Waals surface area contributed by atoms with E-state index >= 15 is 0 Å². The monoisotopic (exact) mass is 243 g/mol. The van der Waals surface area contributed by atoms with E-state index in [1.807, 2.05) is 0 Å². The van der Waals surface area contributed by atoms with Gasteiger partial charge in [-0.05, 0) is 26.8 Å². The predicted octanol–water partition coefficient (Wildman–Crippen LogP) is 2.07. The van der Waals surface area contributed by atoms with Gasteiger partial charge in [-0.15, -0.1) is 0 Å². The van der Waals surface area contributed by atoms with Crippen molar-refractivity contribution in [3.8, 4) is 0 Å². The minimum atomic E-state index is -0.234. The number of hydrogen-bond acceptors (Lipinski definition) is 4. The van der Waals surface area contributed by atoms with E-state index in [9.17, 15) is 9.59 Å². The molecule has 0 aromatic heterocycles. The van der Waals surface area contributed by atoms with Gasteiger partial charge in [-0.2, -0.15) is 0 Å². The maximum Gasteiger partial charge on any atom is 0.305 e. The Balaban J connectivity index is 3.55. The lowest BCUT2D eigenvalue weighted by Gasteiger charge is -2.11. The molecule has 0 fully saturated rings. The average Bonchev–Trinajstić information content (AvgIpc) is 2.29. The number of Topliss-reactive ketones (excluding diaryl/α,β-unsaturated/α-hetero) is 1. The molecule has 0 amide bonds. The topological polar surface area (TPSA) is 55.4 Å². The van der Waals surface area contributed by atoms with Crippen LogP contribution in [0.1, 0.15) is 52.4 Å². The normalized spacial score (nSPS) is 12.2. The fourth-order valence-electron chi connectivity index (χ4n) is 1.60. The Kier molecular flexibility index (Phi) is 9.72. The predicted molar refractivity (Wildman–Crippen MR) is 67.9 cm³/mol. The van der Waals surface area contributed by atoms with Crippen molar-refractivity contribution in [2.45, 2.75) is 58.4 Å². The summed E-state index contributed by atoms with van der Waals surface area (Å²) in [6, 6.07) is -0.234. The van der Waals surface area contributed by atoms with Gasteiger partial charge in [0.2, 0.25) is 0 Å². The molecule has 100 valence electrons. The Morgan fingerprint density at radius 2 is 1.94 bits per heavy atom. The van der Waals surface area contributed by atoms with E-state index in [1.165, 1.54) is 19.8 Å². The van der Waals surface area contributed by atoms with E-state index in [0.717, 1.165) is 12.8 Å². The highest BCUT2D eigenvalue weighted by Gasteiger charge is 2.13. The van der Waals surface area contributed by atoms with E-state index in [4.69, 9.17) is 4.74 Å². The first-order valence-electron chi connectivity index (χ1n) is 6.45. The summed E-state index contributed by atoms with van der Waals surface area (Å²) in [5.41, 5.74) is 0. The van der Waals surface area contributed by atoms with Crippen LogP contribution < -0.4 is 5.32 Å². The van der Waals surface area contributed by atoms with Crippen molar-refractivity contribution in [2.24, 2.45) is 0 Å². The summed E-state index contributed by atoms with van der Waals surface area (Å²) >= 11 is 0. The molecule has 0 heterocycles. The Bertz CT molecular complexity index is 229. The van der Waals surface area contributed by atoms with Gasteiger partial charge in [0.15, 0.2) is 0 Å². The van der Waals surface area contributed by atoms with Crippen LogP contribution in [0.4, 0.5) is 0 Å². The Hall–Kier alpha value is -0.900. The molecule has 0 bridgehead atoms. The SMILES string of the molecule is CCCCCCOC(=O)CCC(NC)C(C)=O. The van der Waals surface area contributed by atoms with Gasteiger partial charge in [-0.25, -0.2) is 0 Å². The van der Waals surface area contributed by atoms with Gasteiger partial charge >= 0.3 is 5.97 Å². The maximum atomic E-state index is 11.4. The fraction of sp³-hybridized carbons (Fsp3) is 0.846. The third-order valence-corrected chi connectivity index (χ3v) is 2.74. The van der Waals surface area contributed by atoms with Crippen LogP contribution in [-0.2, 0) is 14.3 Å². The standard InChI is InChI=1S/C13H25NO3/c1-4-5-6-7-10-17-13(16)9-8-12(14-3)11(2)15/h12,14H,4-10H2,1-3H3. The van der Waals surface area contributed by atoms with Crippen LogP contribution in [0.3, 0.4) is 0 Å². The lowest BCUT2D eigenvalue weighted by atomic mass is 10.1. The smallest absolute Gasteiger partial charge is 0.305 e. The van der Waals surface area contributed by atoms with E-state index in [1.54, 1.807) is 7.05 Å². The van der Waals surface area contributed by atoms with Crippen molar-refractivity contribution in [2.75, 3.05) is 13.7 Å². The second-order valence-corrected chi connectivity index (χ2v) is 4.27. The zero-order valence-electron chi connectivity index (χ0n) is 11.3. The van der Waals surface area contributed by atoms with Crippen LogP contribution in [0.2, 0.25) is 0 Å². The number of hydrogen-bond donors (Lipinski definition) is 1. The highest BCUT2D eigenvalue weighted by molar-refractivity contribution is 5.82. The van der Waals surface area contributed by atoms with Gasteiger partial charge < -0.3 is 10.1 Å². The first kappa shape index (κ1) is 16.1. The van der Waals surface area contributed by atoms with Crippen LogP contribution in [0, 0.1) is 0 Å². The van der Waals surface area contributed by atoms with Crippen LogP contribution in [0.15, 0.2) is 0 Å². The molecule has 1 N–H and O–H groups in total. The quantitative estimate of drug-likeness (QED) is 0.471. The molecule has 0 saturated heterocycles. The van der Waals surface area contributed by atoms with Crippen molar-refractivity contribution in [3.05, 3.63) is 0 Å². The summed E-state index contributed by atoms with van der Waals surface area (Å²) in [6.45, 7) is 4.17. The van der Waals surface area contributed by atoms with Crippen LogP contribution in [0.25, 0.3) is 0 Å². The molecule has 4 nitrogen and oxygen atoms in total. The second kappa shape index (κ2) is 10.3. The maximum absolute atomic E-state index is 11.4. The summed E-state index contributed by atoms with van der Waals surface area (Å²) in [6.07, 6.45) is 5.22. The summed E-state index contributed by atoms with van der Waals surface area (Å²) < 4.78 is 5.09. The fourth-order valence-corrected chi connectivity index (χ4v) is 1.60. The van der Waals surface area contributed by atoms with E-state index in [2.05, 4.69) is 12.2 Å². The second-order valence-electron chi connectivity index (χ2n) is 4.27. The molecule has 1 unspecified atom stereocenters. The number of unbranched alkanes of at least 4 members (excludes halogenated alkanes) is 3. The molecule has 0 aromatic rings. The van der Waals surface area contributed by atoms with Crippen LogP contribution in [0.5, 0.6) is 0 Å². The summed E-state index contributed by atoms with van der Waals surface area (Å²) in [7, 11) is 1.72. The lowest BCUT2D eigenvalue weighted by molar-refractivity contribution is -0.144. The molecule has 0 aliphatic heterocycles. The summed E-state index contributed by atoms with van der Waals surface area (Å²) in [5.74, 6) is -0.147. The van der Waals surface area contributed by atoms with Gasteiger partial charge in [0, 0.05) is 6.42 Å². The number of ketones is 1. The molecule has 0 saturated carbocycles. The van der Waals surface area contributed by atoms with Crippen molar-refractivity contribution >= 4 is 11.8 Å². The molecule has 4 heteroatoms. The first-order valence-corrected chi connectivity index (χ1v) is 6.45. The van der Waals surface area contributed by atoms with Gasteiger partial charge in [-0.1, -0.05) is 26.2 Å². The summed E-state index contributed by atoms with van der Waals surface area (Å²) in [4.78, 5) is 22.5. The van der Waals surface area contributed by atoms with Crippen LogP contribution in [-0.4, -0.2) is 31.4 Å². The molecule has 0 aromatic carbocycles. The highest BCUT2D eigenvalue weighted by Crippen LogP contribution is 2.03. The number of likely N-dealkylation sites (N-methyl/N-ethyl adjacent to an activating group) is 1. The third kappa shape index (κ3) is 8.86. The number of nitrogens with one attached hydrogen (secondary N) is 1. The molecular formula is C13H25NO3.